The highest BCUT2D eigenvalue weighted by atomic mass is 16.5. The van der Waals surface area contributed by atoms with Crippen LogP contribution >= 0.6 is 0 Å². The Balaban J connectivity index is 1.46. The molecular weight excluding hydrogens is 290 g/mol. The average Bonchev–Trinajstić information content (AvgIpc) is 3.22. The maximum atomic E-state index is 5.48. The molecule has 4 rings (SSSR count). The quantitative estimate of drug-likeness (QED) is 0.865. The van der Waals surface area contributed by atoms with Crippen LogP contribution in [0.5, 0.6) is 0 Å². The Morgan fingerprint density at radius 3 is 2.91 bits per heavy atom. The van der Waals surface area contributed by atoms with Gasteiger partial charge >= 0.3 is 0 Å². The summed E-state index contributed by atoms with van der Waals surface area (Å²) in [5, 5.41) is 4.30. The fourth-order valence-electron chi connectivity index (χ4n) is 3.80. The van der Waals surface area contributed by atoms with E-state index in [0.29, 0.717) is 6.04 Å². The van der Waals surface area contributed by atoms with E-state index in [9.17, 15) is 0 Å². The molecule has 0 spiro atoms. The number of imidazole rings is 1. The normalized spacial score (nSPS) is 23.1. The van der Waals surface area contributed by atoms with Gasteiger partial charge in [0.15, 0.2) is 0 Å². The van der Waals surface area contributed by atoms with Gasteiger partial charge in [-0.15, -0.1) is 0 Å². The van der Waals surface area contributed by atoms with Crippen molar-refractivity contribution in [1.82, 2.24) is 24.2 Å². The van der Waals surface area contributed by atoms with Gasteiger partial charge in [-0.1, -0.05) is 0 Å². The van der Waals surface area contributed by atoms with Crippen LogP contribution in [-0.2, 0) is 17.8 Å². The van der Waals surface area contributed by atoms with Crippen LogP contribution in [0.15, 0.2) is 24.7 Å². The fourth-order valence-corrected chi connectivity index (χ4v) is 3.80. The van der Waals surface area contributed by atoms with Crippen LogP contribution in [0.2, 0.25) is 0 Å². The van der Waals surface area contributed by atoms with Gasteiger partial charge in [0.05, 0.1) is 24.5 Å². The SMILES string of the molecule is C[C@@H]1c2ncc(Cn3cccn3)n2CCN1CC1CCOCC1. The third-order valence-corrected chi connectivity index (χ3v) is 5.22. The number of fused-ring (bicyclic) bond motifs is 1. The minimum absolute atomic E-state index is 0.387. The smallest absolute Gasteiger partial charge is 0.126 e. The lowest BCUT2D eigenvalue weighted by atomic mass is 9.98. The van der Waals surface area contributed by atoms with E-state index in [-0.39, 0.29) is 0 Å². The Labute approximate surface area is 137 Å². The lowest BCUT2D eigenvalue weighted by Crippen LogP contribution is -2.41. The van der Waals surface area contributed by atoms with Crippen LogP contribution in [0.1, 0.15) is 37.3 Å². The topological polar surface area (TPSA) is 48.1 Å². The first-order valence-electron chi connectivity index (χ1n) is 8.65. The second kappa shape index (κ2) is 6.45. The van der Waals surface area contributed by atoms with E-state index in [4.69, 9.17) is 9.72 Å². The third kappa shape index (κ3) is 3.05. The number of rotatable bonds is 4. The highest BCUT2D eigenvalue weighted by Crippen LogP contribution is 2.28. The van der Waals surface area contributed by atoms with E-state index >= 15 is 0 Å². The molecule has 1 fully saturated rings. The van der Waals surface area contributed by atoms with Crippen molar-refractivity contribution in [3.63, 3.8) is 0 Å². The van der Waals surface area contributed by atoms with Gasteiger partial charge in [-0.2, -0.15) is 5.10 Å². The Morgan fingerprint density at radius 2 is 2.13 bits per heavy atom. The summed E-state index contributed by atoms with van der Waals surface area (Å²) in [6.07, 6.45) is 8.24. The number of hydrogen-bond acceptors (Lipinski definition) is 4. The third-order valence-electron chi connectivity index (χ3n) is 5.22. The van der Waals surface area contributed by atoms with Crippen LogP contribution in [0.4, 0.5) is 0 Å². The van der Waals surface area contributed by atoms with Gasteiger partial charge in [0.2, 0.25) is 0 Å². The van der Waals surface area contributed by atoms with Gasteiger partial charge in [0, 0.05) is 45.2 Å². The van der Waals surface area contributed by atoms with Crippen LogP contribution in [0.3, 0.4) is 0 Å². The molecule has 23 heavy (non-hydrogen) atoms. The summed E-state index contributed by atoms with van der Waals surface area (Å²) in [5.41, 5.74) is 1.25. The fraction of sp³-hybridized carbons (Fsp3) is 0.647. The van der Waals surface area contributed by atoms with Crippen molar-refractivity contribution in [3.05, 3.63) is 36.2 Å². The molecule has 1 saturated heterocycles. The van der Waals surface area contributed by atoms with Crippen LogP contribution < -0.4 is 0 Å². The molecule has 124 valence electrons. The van der Waals surface area contributed by atoms with Gasteiger partial charge in [-0.25, -0.2) is 4.98 Å². The van der Waals surface area contributed by atoms with Gasteiger partial charge in [0.1, 0.15) is 5.82 Å². The molecule has 0 aromatic carbocycles. The summed E-state index contributed by atoms with van der Waals surface area (Å²) in [6.45, 7) is 8.24. The van der Waals surface area contributed by atoms with Crippen molar-refractivity contribution in [2.24, 2.45) is 5.92 Å². The highest BCUT2D eigenvalue weighted by molar-refractivity contribution is 5.11. The van der Waals surface area contributed by atoms with Crippen LogP contribution in [-0.4, -0.2) is 50.5 Å². The molecular formula is C17H25N5O. The van der Waals surface area contributed by atoms with Crippen molar-refractivity contribution in [2.45, 2.75) is 38.9 Å². The van der Waals surface area contributed by atoms with Gasteiger partial charge < -0.3 is 9.30 Å². The minimum Gasteiger partial charge on any atom is -0.381 e. The maximum Gasteiger partial charge on any atom is 0.126 e. The van der Waals surface area contributed by atoms with Crippen LogP contribution in [0.25, 0.3) is 0 Å². The molecule has 6 nitrogen and oxygen atoms in total. The molecule has 0 bridgehead atoms. The lowest BCUT2D eigenvalue weighted by Gasteiger charge is -2.37. The Kier molecular flexibility index (Phi) is 4.18. The summed E-state index contributed by atoms with van der Waals surface area (Å²) in [5.74, 6) is 1.97. The first kappa shape index (κ1) is 14.9. The molecule has 2 aromatic heterocycles. The van der Waals surface area contributed by atoms with Crippen molar-refractivity contribution < 1.29 is 4.74 Å². The Morgan fingerprint density at radius 1 is 1.26 bits per heavy atom. The molecule has 0 N–H and O–H groups in total. The molecule has 2 aliphatic rings. The summed E-state index contributed by atoms with van der Waals surface area (Å²) < 4.78 is 9.83. The van der Waals surface area contributed by atoms with Gasteiger partial charge in [0.25, 0.3) is 0 Å². The first-order valence-corrected chi connectivity index (χ1v) is 8.65. The highest BCUT2D eigenvalue weighted by Gasteiger charge is 2.29. The molecule has 0 amide bonds. The number of hydrogen-bond donors (Lipinski definition) is 0. The van der Waals surface area contributed by atoms with Gasteiger partial charge in [-0.3, -0.25) is 9.58 Å². The van der Waals surface area contributed by atoms with Gasteiger partial charge in [-0.05, 0) is 31.7 Å². The van der Waals surface area contributed by atoms with E-state index in [1.54, 1.807) is 0 Å². The van der Waals surface area contributed by atoms with E-state index < -0.39 is 0 Å². The summed E-state index contributed by atoms with van der Waals surface area (Å²) >= 11 is 0. The molecule has 0 radical (unpaired) electrons. The molecule has 4 heterocycles. The second-order valence-corrected chi connectivity index (χ2v) is 6.69. The van der Waals surface area contributed by atoms with Crippen LogP contribution in [0, 0.1) is 5.92 Å². The number of nitrogens with zero attached hydrogens (tertiary/aromatic N) is 5. The zero-order chi connectivity index (χ0) is 15.6. The van der Waals surface area contributed by atoms with Crippen molar-refractivity contribution in [2.75, 3.05) is 26.3 Å². The lowest BCUT2D eigenvalue weighted by molar-refractivity contribution is 0.0409. The molecule has 0 aliphatic carbocycles. The Hall–Kier alpha value is -1.66. The molecule has 2 aromatic rings. The largest absolute Gasteiger partial charge is 0.381 e. The van der Waals surface area contributed by atoms with E-state index in [0.717, 1.165) is 38.8 Å². The van der Waals surface area contributed by atoms with Crippen molar-refractivity contribution in [1.29, 1.82) is 0 Å². The zero-order valence-corrected chi connectivity index (χ0v) is 13.8. The second-order valence-electron chi connectivity index (χ2n) is 6.69. The zero-order valence-electron chi connectivity index (χ0n) is 13.8. The molecule has 2 aliphatic heterocycles. The van der Waals surface area contributed by atoms with Crippen molar-refractivity contribution in [3.8, 4) is 0 Å². The summed E-state index contributed by atoms with van der Waals surface area (Å²) in [6, 6.07) is 2.35. The Bertz CT molecular complexity index is 629. The van der Waals surface area contributed by atoms with E-state index in [1.165, 1.54) is 30.9 Å². The average molecular weight is 315 g/mol. The predicted molar refractivity (Wildman–Crippen MR) is 87.1 cm³/mol. The number of ether oxygens (including phenoxy) is 1. The summed E-state index contributed by atoms with van der Waals surface area (Å²) in [4.78, 5) is 7.31. The predicted octanol–water partition coefficient (Wildman–Crippen LogP) is 1.93. The molecule has 6 heteroatoms. The molecule has 0 unspecified atom stereocenters. The number of aromatic nitrogens is 4. The monoisotopic (exact) mass is 315 g/mol. The first-order chi connectivity index (χ1) is 11.3. The van der Waals surface area contributed by atoms with Crippen molar-refractivity contribution >= 4 is 0 Å². The minimum atomic E-state index is 0.387. The maximum absolute atomic E-state index is 5.48. The molecule has 0 saturated carbocycles. The summed E-state index contributed by atoms with van der Waals surface area (Å²) in [7, 11) is 0. The van der Waals surface area contributed by atoms with E-state index in [2.05, 4.69) is 21.5 Å². The van der Waals surface area contributed by atoms with E-state index in [1.807, 2.05) is 29.3 Å². The molecule has 1 atom stereocenters. The standard InChI is InChI=1S/C17H25N5O/c1-14-17-18-11-16(13-21-6-2-5-19-21)22(17)8-7-20(14)12-15-3-9-23-10-4-15/h2,5-6,11,14-15H,3-4,7-10,12-13H2,1H3/t14-/m1/s1.